The van der Waals surface area contributed by atoms with Crippen LogP contribution in [0.2, 0.25) is 0 Å². The molecule has 0 bridgehead atoms. The van der Waals surface area contributed by atoms with Crippen LogP contribution in [0, 0.1) is 5.92 Å². The Morgan fingerprint density at radius 2 is 1.71 bits per heavy atom. The summed E-state index contributed by atoms with van der Waals surface area (Å²) in [5.74, 6) is -1.31. The van der Waals surface area contributed by atoms with Crippen LogP contribution in [-0.2, 0) is 19.1 Å². The molecule has 2 unspecified atom stereocenters. The van der Waals surface area contributed by atoms with Gasteiger partial charge in [-0.3, -0.25) is 9.59 Å². The van der Waals surface area contributed by atoms with Crippen LogP contribution in [0.25, 0.3) is 11.1 Å². The number of alkyl carbamates (subject to hydrolysis) is 1. The van der Waals surface area contributed by atoms with Crippen molar-refractivity contribution in [2.45, 2.75) is 49.6 Å². The van der Waals surface area contributed by atoms with Gasteiger partial charge in [0.1, 0.15) is 12.1 Å². The Balaban J connectivity index is 1.26. The fourth-order valence-corrected chi connectivity index (χ4v) is 5.40. The average molecular weight is 479 g/mol. The lowest BCUT2D eigenvalue weighted by molar-refractivity contribution is -0.138. The van der Waals surface area contributed by atoms with Gasteiger partial charge < -0.3 is 25.2 Å². The minimum absolute atomic E-state index is 0.0213. The van der Waals surface area contributed by atoms with Gasteiger partial charge >= 0.3 is 12.1 Å². The zero-order chi connectivity index (χ0) is 24.4. The normalized spacial score (nSPS) is 21.9. The van der Waals surface area contributed by atoms with E-state index in [1.54, 1.807) is 0 Å². The lowest BCUT2D eigenvalue weighted by Gasteiger charge is -2.36. The summed E-state index contributed by atoms with van der Waals surface area (Å²) in [7, 11) is 0. The van der Waals surface area contributed by atoms with Crippen molar-refractivity contribution in [3.05, 3.63) is 59.7 Å². The standard InChI is InChI=1S/C27H30N2O6/c30-24(31)14-23(17-6-5-7-17)28-25(32)27(12-13-34-16-27)29-26(33)35-15-22-20-10-3-1-8-18(20)19-9-2-4-11-21(19)22/h1-4,8-11,17,22-23H,5-7,12-16H2,(H,28,32)(H,29,33)(H,30,31). The van der Waals surface area contributed by atoms with Gasteiger partial charge in [-0.25, -0.2) is 4.79 Å². The van der Waals surface area contributed by atoms with E-state index in [0.717, 1.165) is 41.5 Å². The van der Waals surface area contributed by atoms with Crippen molar-refractivity contribution < 1.29 is 29.0 Å². The number of benzene rings is 2. The number of carboxylic acids is 1. The summed E-state index contributed by atoms with van der Waals surface area (Å²) in [5.41, 5.74) is 3.21. The Labute approximate surface area is 204 Å². The molecule has 3 aliphatic rings. The monoisotopic (exact) mass is 478 g/mol. The molecule has 2 fully saturated rings. The van der Waals surface area contributed by atoms with Crippen LogP contribution in [0.1, 0.15) is 49.1 Å². The number of carbonyl (C=O) groups excluding carboxylic acids is 2. The number of carbonyl (C=O) groups is 3. The summed E-state index contributed by atoms with van der Waals surface area (Å²) in [6.45, 7) is 0.486. The fraction of sp³-hybridized carbons (Fsp3) is 0.444. The van der Waals surface area contributed by atoms with Crippen molar-refractivity contribution in [2.24, 2.45) is 5.92 Å². The highest BCUT2D eigenvalue weighted by atomic mass is 16.6. The van der Waals surface area contributed by atoms with E-state index in [9.17, 15) is 19.5 Å². The molecule has 2 atom stereocenters. The van der Waals surface area contributed by atoms with Crippen LogP contribution in [0.15, 0.2) is 48.5 Å². The number of nitrogens with one attached hydrogen (secondary N) is 2. The second-order valence-electron chi connectivity index (χ2n) is 9.70. The number of rotatable bonds is 8. The Kier molecular flexibility index (Phi) is 6.47. The van der Waals surface area contributed by atoms with E-state index < -0.39 is 29.6 Å². The first-order valence-electron chi connectivity index (χ1n) is 12.2. The van der Waals surface area contributed by atoms with Crippen molar-refractivity contribution in [1.82, 2.24) is 10.6 Å². The summed E-state index contributed by atoms with van der Waals surface area (Å²) in [6, 6.07) is 15.7. The quantitative estimate of drug-likeness (QED) is 0.536. The molecule has 35 heavy (non-hydrogen) atoms. The summed E-state index contributed by atoms with van der Waals surface area (Å²) in [5, 5.41) is 14.9. The van der Waals surface area contributed by atoms with E-state index in [0.29, 0.717) is 13.0 Å². The average Bonchev–Trinajstić information content (AvgIpc) is 3.40. The summed E-state index contributed by atoms with van der Waals surface area (Å²) < 4.78 is 11.1. The highest BCUT2D eigenvalue weighted by Gasteiger charge is 2.46. The molecular weight excluding hydrogens is 448 g/mol. The van der Waals surface area contributed by atoms with Gasteiger partial charge in [0.2, 0.25) is 5.91 Å². The molecule has 184 valence electrons. The second-order valence-corrected chi connectivity index (χ2v) is 9.70. The van der Waals surface area contributed by atoms with Gasteiger partial charge in [-0.2, -0.15) is 0 Å². The molecule has 5 rings (SSSR count). The molecular formula is C27H30N2O6. The number of hydrogen-bond donors (Lipinski definition) is 3. The zero-order valence-corrected chi connectivity index (χ0v) is 19.5. The zero-order valence-electron chi connectivity index (χ0n) is 19.5. The molecule has 0 aromatic heterocycles. The van der Waals surface area contributed by atoms with Crippen molar-refractivity contribution in [2.75, 3.05) is 19.8 Å². The van der Waals surface area contributed by atoms with Crippen molar-refractivity contribution in [3.63, 3.8) is 0 Å². The number of ether oxygens (including phenoxy) is 2. The molecule has 8 nitrogen and oxygen atoms in total. The van der Waals surface area contributed by atoms with Crippen LogP contribution in [-0.4, -0.2) is 54.5 Å². The molecule has 1 aliphatic heterocycles. The van der Waals surface area contributed by atoms with E-state index in [1.165, 1.54) is 0 Å². The van der Waals surface area contributed by atoms with E-state index in [1.807, 2.05) is 36.4 Å². The van der Waals surface area contributed by atoms with Crippen LogP contribution >= 0.6 is 0 Å². The molecule has 0 spiro atoms. The smallest absolute Gasteiger partial charge is 0.408 e. The van der Waals surface area contributed by atoms with Crippen molar-refractivity contribution in [3.8, 4) is 11.1 Å². The van der Waals surface area contributed by atoms with Crippen LogP contribution < -0.4 is 10.6 Å². The minimum atomic E-state index is -1.27. The first kappa shape index (κ1) is 23.4. The largest absolute Gasteiger partial charge is 0.481 e. The van der Waals surface area contributed by atoms with Gasteiger partial charge in [-0.1, -0.05) is 55.0 Å². The first-order chi connectivity index (χ1) is 17.0. The summed E-state index contributed by atoms with van der Waals surface area (Å²) in [4.78, 5) is 37.5. The third-order valence-corrected chi connectivity index (χ3v) is 7.57. The minimum Gasteiger partial charge on any atom is -0.481 e. The Bertz CT molecular complexity index is 1080. The molecule has 0 radical (unpaired) electrons. The number of fused-ring (bicyclic) bond motifs is 3. The first-order valence-corrected chi connectivity index (χ1v) is 12.2. The molecule has 1 heterocycles. The SMILES string of the molecule is O=C(O)CC(NC(=O)C1(NC(=O)OCC2c3ccccc3-c3ccccc32)CCOC1)C1CCC1. The van der Waals surface area contributed by atoms with E-state index in [4.69, 9.17) is 9.47 Å². The number of amides is 2. The number of carboxylic acid groups (broad SMARTS) is 1. The Morgan fingerprint density at radius 1 is 1.06 bits per heavy atom. The molecule has 8 heteroatoms. The maximum absolute atomic E-state index is 13.3. The second kappa shape index (κ2) is 9.70. The predicted molar refractivity (Wildman–Crippen MR) is 128 cm³/mol. The summed E-state index contributed by atoms with van der Waals surface area (Å²) >= 11 is 0. The molecule has 2 aromatic carbocycles. The maximum atomic E-state index is 13.3. The Morgan fingerprint density at radius 3 is 2.26 bits per heavy atom. The molecule has 1 saturated heterocycles. The fourth-order valence-electron chi connectivity index (χ4n) is 5.40. The predicted octanol–water partition coefficient (Wildman–Crippen LogP) is 3.44. The molecule has 2 aromatic rings. The van der Waals surface area contributed by atoms with Crippen LogP contribution in [0.3, 0.4) is 0 Å². The van der Waals surface area contributed by atoms with Gasteiger partial charge in [0, 0.05) is 25.0 Å². The topological polar surface area (TPSA) is 114 Å². The molecule has 2 aliphatic carbocycles. The van der Waals surface area contributed by atoms with Crippen LogP contribution in [0.5, 0.6) is 0 Å². The lowest BCUT2D eigenvalue weighted by atomic mass is 9.78. The molecule has 1 saturated carbocycles. The maximum Gasteiger partial charge on any atom is 0.408 e. The number of hydrogen-bond acceptors (Lipinski definition) is 5. The van der Waals surface area contributed by atoms with Gasteiger partial charge in [-0.05, 0) is 41.0 Å². The number of aliphatic carboxylic acids is 1. The Hall–Kier alpha value is -3.39. The third kappa shape index (κ3) is 4.62. The van der Waals surface area contributed by atoms with E-state index in [2.05, 4.69) is 22.8 Å². The van der Waals surface area contributed by atoms with Gasteiger partial charge in [0.15, 0.2) is 0 Å². The lowest BCUT2D eigenvalue weighted by Crippen LogP contribution is -2.62. The van der Waals surface area contributed by atoms with E-state index in [-0.39, 0.29) is 31.5 Å². The van der Waals surface area contributed by atoms with Crippen molar-refractivity contribution >= 4 is 18.0 Å². The molecule has 2 amide bonds. The van der Waals surface area contributed by atoms with Crippen LogP contribution in [0.4, 0.5) is 4.79 Å². The molecule has 3 N–H and O–H groups in total. The summed E-state index contributed by atoms with van der Waals surface area (Å²) in [6.07, 6.45) is 2.28. The highest BCUT2D eigenvalue weighted by molar-refractivity contribution is 5.91. The highest BCUT2D eigenvalue weighted by Crippen LogP contribution is 2.44. The van der Waals surface area contributed by atoms with Gasteiger partial charge in [0.05, 0.1) is 13.0 Å². The van der Waals surface area contributed by atoms with E-state index >= 15 is 0 Å². The van der Waals surface area contributed by atoms with Gasteiger partial charge in [0.25, 0.3) is 0 Å². The van der Waals surface area contributed by atoms with Crippen molar-refractivity contribution in [1.29, 1.82) is 0 Å². The third-order valence-electron chi connectivity index (χ3n) is 7.57. The van der Waals surface area contributed by atoms with Gasteiger partial charge in [-0.15, -0.1) is 0 Å².